The van der Waals surface area contributed by atoms with Crippen LogP contribution in [-0.2, 0) is 9.53 Å². The summed E-state index contributed by atoms with van der Waals surface area (Å²) in [6.45, 7) is 1.70. The molecule has 0 spiro atoms. The molecule has 1 unspecified atom stereocenters. The number of rotatable bonds is 4. The fourth-order valence-corrected chi connectivity index (χ4v) is 0.511. The van der Waals surface area contributed by atoms with Crippen LogP contribution in [0.1, 0.15) is 13.3 Å². The normalized spacial score (nSPS) is 16.3. The highest BCUT2D eigenvalue weighted by Crippen LogP contribution is 2.00. The molecule has 0 rings (SSSR count). The van der Waals surface area contributed by atoms with Crippen molar-refractivity contribution in [1.82, 2.24) is 0 Å². The molecule has 0 bridgehead atoms. The lowest BCUT2D eigenvalue weighted by Gasteiger charge is -2.10. The minimum absolute atomic E-state index is 0.131. The Morgan fingerprint density at radius 3 is 2.50 bits per heavy atom. The number of hydrogen-bond acceptors (Lipinski definition) is 3. The minimum Gasteiger partial charge on any atom is -0.479 e. The third-order valence-corrected chi connectivity index (χ3v) is 1.24. The number of methoxy groups -OCH3 is 1. The summed E-state index contributed by atoms with van der Waals surface area (Å²) in [6, 6.07) is 0. The smallest absolute Gasteiger partial charge is 0.332 e. The first-order chi connectivity index (χ1) is 4.57. The van der Waals surface area contributed by atoms with Gasteiger partial charge in [-0.2, -0.15) is 0 Å². The summed E-state index contributed by atoms with van der Waals surface area (Å²) in [5.41, 5.74) is 0. The maximum Gasteiger partial charge on any atom is 0.332 e. The van der Waals surface area contributed by atoms with Gasteiger partial charge in [-0.25, -0.2) is 4.79 Å². The molecule has 10 heavy (non-hydrogen) atoms. The van der Waals surface area contributed by atoms with Crippen molar-refractivity contribution in [3.05, 3.63) is 0 Å². The Bertz CT molecular complexity index is 112. The average molecular weight is 148 g/mol. The predicted octanol–water partition coefficient (Wildman–Crippen LogP) is -0.143. The van der Waals surface area contributed by atoms with Crippen LogP contribution in [0.2, 0.25) is 0 Å². The fraction of sp³-hybridized carbons (Fsp3) is 0.833. The zero-order valence-electron chi connectivity index (χ0n) is 6.07. The molecule has 0 fully saturated rings. The number of carboxylic acid groups (broad SMARTS) is 1. The first kappa shape index (κ1) is 9.39. The summed E-state index contributed by atoms with van der Waals surface area (Å²) in [6.07, 6.45) is -1.40. The lowest BCUT2D eigenvalue weighted by atomic mass is 10.2. The molecule has 0 saturated carbocycles. The van der Waals surface area contributed by atoms with Crippen molar-refractivity contribution in [2.75, 3.05) is 7.11 Å². The minimum atomic E-state index is -1.31. The molecule has 4 nitrogen and oxygen atoms in total. The van der Waals surface area contributed by atoms with Crippen molar-refractivity contribution < 1.29 is 19.7 Å². The molecule has 0 aromatic carbocycles. The van der Waals surface area contributed by atoms with Crippen LogP contribution < -0.4 is 0 Å². The Balaban J connectivity index is 3.56. The second-order valence-electron chi connectivity index (χ2n) is 2.14. The maximum absolute atomic E-state index is 10.0. The van der Waals surface area contributed by atoms with Crippen LogP contribution in [0.3, 0.4) is 0 Å². The Labute approximate surface area is 59.4 Å². The van der Waals surface area contributed by atoms with Gasteiger partial charge in [-0.15, -0.1) is 0 Å². The molecule has 0 amide bonds. The summed E-state index contributed by atoms with van der Waals surface area (Å²) in [4.78, 5) is 10.0. The van der Waals surface area contributed by atoms with Gasteiger partial charge in [0.05, 0.1) is 6.10 Å². The van der Waals surface area contributed by atoms with E-state index < -0.39 is 12.1 Å². The van der Waals surface area contributed by atoms with E-state index in [1.807, 2.05) is 0 Å². The maximum atomic E-state index is 10.0. The highest BCUT2D eigenvalue weighted by molar-refractivity contribution is 5.71. The van der Waals surface area contributed by atoms with Gasteiger partial charge >= 0.3 is 5.97 Å². The molecule has 0 aromatic heterocycles. The Kier molecular flexibility index (Phi) is 3.99. The first-order valence-electron chi connectivity index (χ1n) is 3.01. The molecule has 2 atom stereocenters. The Hall–Kier alpha value is -0.610. The molecule has 2 N–H and O–H groups in total. The summed E-state index contributed by atoms with van der Waals surface area (Å²) < 4.78 is 4.75. The van der Waals surface area contributed by atoms with Crippen LogP contribution in [0.5, 0.6) is 0 Å². The van der Waals surface area contributed by atoms with Crippen LogP contribution in [0.4, 0.5) is 0 Å². The van der Waals surface area contributed by atoms with Gasteiger partial charge in [0, 0.05) is 13.5 Å². The van der Waals surface area contributed by atoms with Crippen LogP contribution in [0, 0.1) is 0 Å². The summed E-state index contributed by atoms with van der Waals surface area (Å²) in [5, 5.41) is 17.0. The van der Waals surface area contributed by atoms with Gasteiger partial charge in [0.25, 0.3) is 0 Å². The standard InChI is InChI=1S/C6H12O4/c1-4(10-2)3-5(7)6(8)9/h4-5,7H,3H2,1-2H3,(H,8,9)/t4?,5-/m0/s1. The quantitative estimate of drug-likeness (QED) is 0.582. The van der Waals surface area contributed by atoms with Crippen LogP contribution in [0.25, 0.3) is 0 Å². The third-order valence-electron chi connectivity index (χ3n) is 1.24. The van der Waals surface area contributed by atoms with Crippen molar-refractivity contribution in [2.45, 2.75) is 25.6 Å². The van der Waals surface area contributed by atoms with Gasteiger partial charge in [0.15, 0.2) is 6.10 Å². The van der Waals surface area contributed by atoms with Crippen molar-refractivity contribution in [3.8, 4) is 0 Å². The van der Waals surface area contributed by atoms with Gasteiger partial charge in [0.1, 0.15) is 0 Å². The average Bonchev–Trinajstić information content (AvgIpc) is 1.87. The van der Waals surface area contributed by atoms with Gasteiger partial charge in [0.2, 0.25) is 0 Å². The van der Waals surface area contributed by atoms with E-state index in [1.165, 1.54) is 7.11 Å². The number of aliphatic hydroxyl groups is 1. The summed E-state index contributed by atoms with van der Waals surface area (Å²) in [7, 11) is 1.47. The van der Waals surface area contributed by atoms with E-state index in [0.29, 0.717) is 0 Å². The SMILES string of the molecule is COC(C)C[C@H](O)C(=O)O. The molecule has 0 radical (unpaired) electrons. The van der Waals surface area contributed by atoms with Crippen LogP contribution >= 0.6 is 0 Å². The highest BCUT2D eigenvalue weighted by Gasteiger charge is 2.15. The molecule has 4 heteroatoms. The largest absolute Gasteiger partial charge is 0.479 e. The number of hydrogen-bond donors (Lipinski definition) is 2. The first-order valence-corrected chi connectivity index (χ1v) is 3.01. The third kappa shape index (κ3) is 3.42. The number of ether oxygens (including phenoxy) is 1. The lowest BCUT2D eigenvalue weighted by molar-refractivity contribution is -0.148. The zero-order valence-corrected chi connectivity index (χ0v) is 6.07. The molecule has 0 aromatic rings. The molecule has 0 aliphatic heterocycles. The van der Waals surface area contributed by atoms with Crippen molar-refractivity contribution in [3.63, 3.8) is 0 Å². The molecule has 0 aliphatic carbocycles. The number of aliphatic hydroxyl groups excluding tert-OH is 1. The van der Waals surface area contributed by atoms with E-state index in [4.69, 9.17) is 14.9 Å². The van der Waals surface area contributed by atoms with Crippen LogP contribution in [-0.4, -0.2) is 35.5 Å². The molecular formula is C6H12O4. The predicted molar refractivity (Wildman–Crippen MR) is 34.7 cm³/mol. The molecule has 60 valence electrons. The molecule has 0 saturated heterocycles. The summed E-state index contributed by atoms with van der Waals surface area (Å²) >= 11 is 0. The Morgan fingerprint density at radius 1 is 1.70 bits per heavy atom. The zero-order chi connectivity index (χ0) is 8.15. The number of aliphatic carboxylic acids is 1. The second-order valence-corrected chi connectivity index (χ2v) is 2.14. The van der Waals surface area contributed by atoms with Crippen molar-refractivity contribution >= 4 is 5.97 Å². The van der Waals surface area contributed by atoms with Gasteiger partial charge < -0.3 is 14.9 Å². The number of carbonyl (C=O) groups is 1. The van der Waals surface area contributed by atoms with E-state index in [2.05, 4.69) is 0 Å². The topological polar surface area (TPSA) is 66.8 Å². The van der Waals surface area contributed by atoms with Crippen molar-refractivity contribution in [1.29, 1.82) is 0 Å². The van der Waals surface area contributed by atoms with E-state index >= 15 is 0 Å². The molecule has 0 heterocycles. The Morgan fingerprint density at radius 2 is 2.20 bits per heavy atom. The van der Waals surface area contributed by atoms with Crippen LogP contribution in [0.15, 0.2) is 0 Å². The fourth-order valence-electron chi connectivity index (χ4n) is 0.511. The lowest BCUT2D eigenvalue weighted by Crippen LogP contribution is -2.24. The second kappa shape index (κ2) is 4.24. The highest BCUT2D eigenvalue weighted by atomic mass is 16.5. The van der Waals surface area contributed by atoms with E-state index in [0.717, 1.165) is 0 Å². The summed E-state index contributed by atoms with van der Waals surface area (Å²) in [5.74, 6) is -1.20. The van der Waals surface area contributed by atoms with Crippen molar-refractivity contribution in [2.24, 2.45) is 0 Å². The van der Waals surface area contributed by atoms with Gasteiger partial charge in [-0.3, -0.25) is 0 Å². The van der Waals surface area contributed by atoms with Gasteiger partial charge in [-0.05, 0) is 6.92 Å². The molecule has 0 aliphatic rings. The number of carboxylic acids is 1. The van der Waals surface area contributed by atoms with E-state index in [-0.39, 0.29) is 12.5 Å². The molecular weight excluding hydrogens is 136 g/mol. The van der Waals surface area contributed by atoms with E-state index in [9.17, 15) is 4.79 Å². The van der Waals surface area contributed by atoms with Gasteiger partial charge in [-0.1, -0.05) is 0 Å². The van der Waals surface area contributed by atoms with E-state index in [1.54, 1.807) is 6.92 Å². The monoisotopic (exact) mass is 148 g/mol.